The van der Waals surface area contributed by atoms with Crippen molar-refractivity contribution in [1.82, 2.24) is 15.6 Å². The molecule has 0 aliphatic rings. The van der Waals surface area contributed by atoms with Crippen LogP contribution in [-0.2, 0) is 4.79 Å². The largest absolute Gasteiger partial charge is 0.348 e. The maximum absolute atomic E-state index is 12.0. The number of carbonyl (C=O) groups is 2. The van der Waals surface area contributed by atoms with Crippen LogP contribution in [-0.4, -0.2) is 28.3 Å². The van der Waals surface area contributed by atoms with Gasteiger partial charge in [-0.3, -0.25) is 24.7 Å². The summed E-state index contributed by atoms with van der Waals surface area (Å²) in [6.07, 6.45) is 3.28. The molecular formula is C16H16N4O4. The van der Waals surface area contributed by atoms with E-state index in [1.54, 1.807) is 25.4 Å². The molecule has 0 spiro atoms. The second-order valence-corrected chi connectivity index (χ2v) is 5.07. The van der Waals surface area contributed by atoms with Gasteiger partial charge in [0.05, 0.1) is 17.5 Å². The van der Waals surface area contributed by atoms with E-state index in [-0.39, 0.29) is 29.7 Å². The van der Waals surface area contributed by atoms with Crippen LogP contribution < -0.4 is 10.6 Å². The van der Waals surface area contributed by atoms with Crippen molar-refractivity contribution >= 4 is 17.5 Å². The summed E-state index contributed by atoms with van der Waals surface area (Å²) >= 11 is 0. The van der Waals surface area contributed by atoms with E-state index in [0.717, 1.165) is 11.6 Å². The summed E-state index contributed by atoms with van der Waals surface area (Å²) in [5, 5.41) is 15.9. The minimum absolute atomic E-state index is 0.123. The number of nitrogens with one attached hydrogen (secondary N) is 2. The predicted molar refractivity (Wildman–Crippen MR) is 86.2 cm³/mol. The van der Waals surface area contributed by atoms with Gasteiger partial charge in [0.2, 0.25) is 5.91 Å². The van der Waals surface area contributed by atoms with Crippen molar-refractivity contribution < 1.29 is 14.5 Å². The van der Waals surface area contributed by atoms with E-state index in [9.17, 15) is 19.7 Å². The van der Waals surface area contributed by atoms with Gasteiger partial charge in [-0.05, 0) is 24.6 Å². The number of nitro groups is 1. The summed E-state index contributed by atoms with van der Waals surface area (Å²) in [7, 11) is 0. The molecule has 0 radical (unpaired) electrons. The Morgan fingerprint density at radius 1 is 1.29 bits per heavy atom. The quantitative estimate of drug-likeness (QED) is 0.617. The van der Waals surface area contributed by atoms with Crippen molar-refractivity contribution in [1.29, 1.82) is 0 Å². The molecule has 8 nitrogen and oxygen atoms in total. The molecule has 2 aromatic rings. The van der Waals surface area contributed by atoms with E-state index in [0.29, 0.717) is 0 Å². The Bertz CT molecular complexity index is 749. The topological polar surface area (TPSA) is 114 Å². The summed E-state index contributed by atoms with van der Waals surface area (Å²) in [4.78, 5) is 37.9. The maximum Gasteiger partial charge on any atom is 0.270 e. The zero-order valence-electron chi connectivity index (χ0n) is 12.9. The third-order valence-corrected chi connectivity index (χ3v) is 3.29. The Labute approximate surface area is 138 Å². The standard InChI is InChI=1S/C16H16N4O4/c1-11(13-5-3-7-17-9-13)19-15(21)10-18-16(22)12-4-2-6-14(8-12)20(23)24/h2-9,11H,10H2,1H3,(H,18,22)(H,19,21). The first-order valence-electron chi connectivity index (χ1n) is 7.19. The Balaban J connectivity index is 1.88. The van der Waals surface area contributed by atoms with Gasteiger partial charge in [0, 0.05) is 30.1 Å². The number of nitrogens with zero attached hydrogens (tertiary/aromatic N) is 2. The highest BCUT2D eigenvalue weighted by Crippen LogP contribution is 2.13. The lowest BCUT2D eigenvalue weighted by Crippen LogP contribution is -2.38. The molecule has 24 heavy (non-hydrogen) atoms. The van der Waals surface area contributed by atoms with Crippen LogP contribution in [0.15, 0.2) is 48.8 Å². The number of amides is 2. The average Bonchev–Trinajstić information content (AvgIpc) is 2.60. The summed E-state index contributed by atoms with van der Waals surface area (Å²) in [6.45, 7) is 1.57. The summed E-state index contributed by atoms with van der Waals surface area (Å²) in [6, 6.07) is 8.66. The monoisotopic (exact) mass is 328 g/mol. The van der Waals surface area contributed by atoms with Gasteiger partial charge < -0.3 is 10.6 Å². The number of hydrogen-bond donors (Lipinski definition) is 2. The average molecular weight is 328 g/mol. The first kappa shape index (κ1) is 17.1. The Hall–Kier alpha value is -3.29. The van der Waals surface area contributed by atoms with Gasteiger partial charge in [-0.2, -0.15) is 0 Å². The third-order valence-electron chi connectivity index (χ3n) is 3.29. The molecule has 1 aromatic heterocycles. The fourth-order valence-electron chi connectivity index (χ4n) is 2.03. The van der Waals surface area contributed by atoms with E-state index >= 15 is 0 Å². The van der Waals surface area contributed by atoms with E-state index in [4.69, 9.17) is 0 Å². The van der Waals surface area contributed by atoms with Crippen molar-refractivity contribution in [3.63, 3.8) is 0 Å². The number of nitro benzene ring substituents is 1. The third kappa shape index (κ3) is 4.60. The van der Waals surface area contributed by atoms with Crippen molar-refractivity contribution in [2.75, 3.05) is 6.54 Å². The minimum atomic E-state index is -0.584. The highest BCUT2D eigenvalue weighted by atomic mass is 16.6. The molecule has 0 bridgehead atoms. The van der Waals surface area contributed by atoms with Crippen molar-refractivity contribution in [2.45, 2.75) is 13.0 Å². The van der Waals surface area contributed by atoms with E-state index in [2.05, 4.69) is 15.6 Å². The number of benzene rings is 1. The predicted octanol–water partition coefficient (Wildman–Crippen LogP) is 1.60. The fraction of sp³-hybridized carbons (Fsp3) is 0.188. The van der Waals surface area contributed by atoms with E-state index in [1.807, 2.05) is 6.07 Å². The second-order valence-electron chi connectivity index (χ2n) is 5.07. The molecule has 0 fully saturated rings. The number of carbonyl (C=O) groups excluding carboxylic acids is 2. The number of hydrogen-bond acceptors (Lipinski definition) is 5. The van der Waals surface area contributed by atoms with E-state index in [1.165, 1.54) is 18.2 Å². The fourth-order valence-corrected chi connectivity index (χ4v) is 2.03. The van der Waals surface area contributed by atoms with Crippen molar-refractivity contribution in [3.05, 3.63) is 70.0 Å². The van der Waals surface area contributed by atoms with Crippen LogP contribution in [0.2, 0.25) is 0 Å². The lowest BCUT2D eigenvalue weighted by atomic mass is 10.1. The smallest absolute Gasteiger partial charge is 0.270 e. The molecule has 2 amide bonds. The van der Waals surface area contributed by atoms with Crippen LogP contribution in [0.4, 0.5) is 5.69 Å². The molecular weight excluding hydrogens is 312 g/mol. The zero-order chi connectivity index (χ0) is 17.5. The van der Waals surface area contributed by atoms with E-state index < -0.39 is 10.8 Å². The van der Waals surface area contributed by atoms with Gasteiger partial charge in [0.1, 0.15) is 0 Å². The summed E-state index contributed by atoms with van der Waals surface area (Å²) in [5.41, 5.74) is 0.783. The minimum Gasteiger partial charge on any atom is -0.348 e. The van der Waals surface area contributed by atoms with Gasteiger partial charge in [0.15, 0.2) is 0 Å². The lowest BCUT2D eigenvalue weighted by molar-refractivity contribution is -0.384. The van der Waals surface area contributed by atoms with Crippen LogP contribution in [0.25, 0.3) is 0 Å². The molecule has 0 saturated heterocycles. The zero-order valence-corrected chi connectivity index (χ0v) is 12.9. The van der Waals surface area contributed by atoms with Crippen LogP contribution in [0.5, 0.6) is 0 Å². The Kier molecular flexibility index (Phi) is 5.56. The molecule has 0 saturated carbocycles. The number of rotatable bonds is 6. The number of non-ortho nitro benzene ring substituents is 1. The summed E-state index contributed by atoms with van der Waals surface area (Å²) < 4.78 is 0. The SMILES string of the molecule is CC(NC(=O)CNC(=O)c1cccc([N+](=O)[O-])c1)c1cccnc1. The molecule has 2 rings (SSSR count). The first-order chi connectivity index (χ1) is 11.5. The molecule has 8 heteroatoms. The molecule has 0 aliphatic heterocycles. The van der Waals surface area contributed by atoms with Gasteiger partial charge in [-0.25, -0.2) is 0 Å². The van der Waals surface area contributed by atoms with Crippen LogP contribution in [0.3, 0.4) is 0 Å². The second kappa shape index (κ2) is 7.82. The summed E-state index contributed by atoms with van der Waals surface area (Å²) in [5.74, 6) is -0.923. The van der Waals surface area contributed by atoms with Gasteiger partial charge in [-0.15, -0.1) is 0 Å². The van der Waals surface area contributed by atoms with Gasteiger partial charge in [0.25, 0.3) is 11.6 Å². The Morgan fingerprint density at radius 2 is 2.08 bits per heavy atom. The van der Waals surface area contributed by atoms with Crippen LogP contribution >= 0.6 is 0 Å². The van der Waals surface area contributed by atoms with Crippen LogP contribution in [0.1, 0.15) is 28.9 Å². The van der Waals surface area contributed by atoms with Gasteiger partial charge in [-0.1, -0.05) is 12.1 Å². The molecule has 1 atom stereocenters. The molecule has 2 N–H and O–H groups in total. The van der Waals surface area contributed by atoms with Gasteiger partial charge >= 0.3 is 0 Å². The molecule has 124 valence electrons. The normalized spacial score (nSPS) is 11.4. The molecule has 1 aromatic carbocycles. The maximum atomic E-state index is 12.0. The Morgan fingerprint density at radius 3 is 2.75 bits per heavy atom. The van der Waals surface area contributed by atoms with Crippen molar-refractivity contribution in [3.8, 4) is 0 Å². The molecule has 1 heterocycles. The molecule has 0 aliphatic carbocycles. The number of aromatic nitrogens is 1. The highest BCUT2D eigenvalue weighted by Gasteiger charge is 2.14. The number of pyridine rings is 1. The first-order valence-corrected chi connectivity index (χ1v) is 7.19. The highest BCUT2D eigenvalue weighted by molar-refractivity contribution is 5.96. The molecule has 1 unspecified atom stereocenters. The lowest BCUT2D eigenvalue weighted by Gasteiger charge is -2.14. The van der Waals surface area contributed by atoms with Crippen molar-refractivity contribution in [2.24, 2.45) is 0 Å². The van der Waals surface area contributed by atoms with Crippen LogP contribution in [0, 0.1) is 10.1 Å².